The molecule has 3 rings (SSSR count). The molecule has 166 valence electrons. The van der Waals surface area contributed by atoms with E-state index in [1.54, 1.807) is 36.4 Å². The SMILES string of the molecule is COc1ccc(C(=O)Nc2ccc(NC(C)=O)cc2)cc1S(=O)(=O)NCc1ccccc1. The summed E-state index contributed by atoms with van der Waals surface area (Å²) in [5.41, 5.74) is 2.04. The largest absolute Gasteiger partial charge is 0.495 e. The van der Waals surface area contributed by atoms with Crippen molar-refractivity contribution in [1.29, 1.82) is 0 Å². The molecule has 8 nitrogen and oxygen atoms in total. The highest BCUT2D eigenvalue weighted by Crippen LogP contribution is 2.26. The molecule has 3 aromatic carbocycles. The molecule has 0 heterocycles. The molecule has 0 aromatic heterocycles. The Morgan fingerprint density at radius 1 is 0.875 bits per heavy atom. The molecule has 0 aliphatic carbocycles. The summed E-state index contributed by atoms with van der Waals surface area (Å²) in [5, 5.41) is 5.34. The lowest BCUT2D eigenvalue weighted by atomic mass is 10.2. The van der Waals surface area contributed by atoms with Crippen molar-refractivity contribution in [3.8, 4) is 5.75 Å². The van der Waals surface area contributed by atoms with E-state index in [0.717, 1.165) is 5.56 Å². The molecule has 0 fully saturated rings. The van der Waals surface area contributed by atoms with Gasteiger partial charge in [-0.3, -0.25) is 9.59 Å². The van der Waals surface area contributed by atoms with Crippen LogP contribution < -0.4 is 20.1 Å². The summed E-state index contributed by atoms with van der Waals surface area (Å²) in [5.74, 6) is -0.559. The highest BCUT2D eigenvalue weighted by atomic mass is 32.2. The molecule has 0 bridgehead atoms. The Morgan fingerprint density at radius 2 is 1.50 bits per heavy atom. The molecular formula is C23H23N3O5S. The van der Waals surface area contributed by atoms with Crippen molar-refractivity contribution in [2.45, 2.75) is 18.4 Å². The number of amides is 2. The van der Waals surface area contributed by atoms with Crippen LogP contribution in [-0.4, -0.2) is 27.3 Å². The van der Waals surface area contributed by atoms with Crippen molar-refractivity contribution in [2.24, 2.45) is 0 Å². The van der Waals surface area contributed by atoms with Gasteiger partial charge in [-0.15, -0.1) is 0 Å². The zero-order valence-electron chi connectivity index (χ0n) is 17.6. The van der Waals surface area contributed by atoms with E-state index in [1.807, 2.05) is 18.2 Å². The number of benzene rings is 3. The molecule has 0 spiro atoms. The number of hydrogen-bond acceptors (Lipinski definition) is 5. The van der Waals surface area contributed by atoms with Gasteiger partial charge in [0.15, 0.2) is 0 Å². The van der Waals surface area contributed by atoms with Crippen LogP contribution in [0.1, 0.15) is 22.8 Å². The second-order valence-corrected chi connectivity index (χ2v) is 8.62. The van der Waals surface area contributed by atoms with Gasteiger partial charge < -0.3 is 15.4 Å². The maximum absolute atomic E-state index is 12.9. The van der Waals surface area contributed by atoms with E-state index in [0.29, 0.717) is 11.4 Å². The van der Waals surface area contributed by atoms with E-state index in [4.69, 9.17) is 4.74 Å². The molecule has 0 unspecified atom stereocenters. The fourth-order valence-corrected chi connectivity index (χ4v) is 4.13. The van der Waals surface area contributed by atoms with E-state index >= 15 is 0 Å². The first-order valence-corrected chi connectivity index (χ1v) is 11.2. The van der Waals surface area contributed by atoms with Crippen LogP contribution in [0.4, 0.5) is 11.4 Å². The molecule has 3 N–H and O–H groups in total. The van der Waals surface area contributed by atoms with E-state index in [2.05, 4.69) is 15.4 Å². The van der Waals surface area contributed by atoms with Crippen LogP contribution in [0.2, 0.25) is 0 Å². The third kappa shape index (κ3) is 5.93. The molecule has 2 amide bonds. The van der Waals surface area contributed by atoms with Gasteiger partial charge in [-0.1, -0.05) is 30.3 Å². The van der Waals surface area contributed by atoms with Gasteiger partial charge in [0.05, 0.1) is 7.11 Å². The highest BCUT2D eigenvalue weighted by molar-refractivity contribution is 7.89. The van der Waals surface area contributed by atoms with Crippen LogP contribution in [0, 0.1) is 0 Å². The minimum Gasteiger partial charge on any atom is -0.495 e. The van der Waals surface area contributed by atoms with Crippen LogP contribution in [0.5, 0.6) is 5.75 Å². The zero-order valence-corrected chi connectivity index (χ0v) is 18.4. The summed E-state index contributed by atoms with van der Waals surface area (Å²) >= 11 is 0. The Balaban J connectivity index is 1.78. The lowest BCUT2D eigenvalue weighted by molar-refractivity contribution is -0.114. The topological polar surface area (TPSA) is 114 Å². The Bertz CT molecular complexity index is 1210. The van der Waals surface area contributed by atoms with Gasteiger partial charge in [0.2, 0.25) is 15.9 Å². The average Bonchev–Trinajstić information content (AvgIpc) is 2.79. The lowest BCUT2D eigenvalue weighted by Gasteiger charge is -2.13. The maximum Gasteiger partial charge on any atom is 0.255 e. The number of ether oxygens (including phenoxy) is 1. The predicted octanol–water partition coefficient (Wildman–Crippen LogP) is 3.38. The number of hydrogen-bond donors (Lipinski definition) is 3. The van der Waals surface area contributed by atoms with Crippen molar-refractivity contribution in [1.82, 2.24) is 4.72 Å². The fourth-order valence-electron chi connectivity index (χ4n) is 2.92. The monoisotopic (exact) mass is 453 g/mol. The molecule has 0 atom stereocenters. The third-order valence-corrected chi connectivity index (χ3v) is 5.91. The fraction of sp³-hybridized carbons (Fsp3) is 0.130. The lowest BCUT2D eigenvalue weighted by Crippen LogP contribution is -2.24. The molecule has 9 heteroatoms. The Hall–Kier alpha value is -3.69. The maximum atomic E-state index is 12.9. The van der Waals surface area contributed by atoms with Gasteiger partial charge in [0.1, 0.15) is 10.6 Å². The first kappa shape index (κ1) is 23.0. The summed E-state index contributed by atoms with van der Waals surface area (Å²) in [4.78, 5) is 23.7. The minimum absolute atomic E-state index is 0.101. The van der Waals surface area contributed by atoms with Crippen LogP contribution >= 0.6 is 0 Å². The normalized spacial score (nSPS) is 10.9. The van der Waals surface area contributed by atoms with Crippen LogP contribution in [0.3, 0.4) is 0 Å². The molecular weight excluding hydrogens is 430 g/mol. The molecule has 0 aliphatic heterocycles. The number of sulfonamides is 1. The number of methoxy groups -OCH3 is 1. The first-order chi connectivity index (χ1) is 15.3. The summed E-state index contributed by atoms with van der Waals surface area (Å²) in [7, 11) is -2.58. The zero-order chi connectivity index (χ0) is 23.1. The van der Waals surface area contributed by atoms with E-state index in [1.165, 1.54) is 32.2 Å². The molecule has 0 radical (unpaired) electrons. The summed E-state index contributed by atoms with van der Waals surface area (Å²) < 4.78 is 33.5. The Morgan fingerprint density at radius 3 is 2.09 bits per heavy atom. The number of anilines is 2. The number of carbonyl (C=O) groups is 2. The smallest absolute Gasteiger partial charge is 0.255 e. The van der Waals surface area contributed by atoms with Gasteiger partial charge in [-0.2, -0.15) is 0 Å². The minimum atomic E-state index is -3.94. The standard InChI is InChI=1S/C23H23N3O5S/c1-16(27)25-19-9-11-20(12-10-19)26-23(28)18-8-13-21(31-2)22(14-18)32(29,30)24-15-17-6-4-3-5-7-17/h3-14,24H,15H2,1-2H3,(H,25,27)(H,26,28). The van der Waals surface area contributed by atoms with Gasteiger partial charge in [-0.25, -0.2) is 13.1 Å². The molecule has 0 aliphatic rings. The summed E-state index contributed by atoms with van der Waals surface area (Å²) in [6.07, 6.45) is 0. The van der Waals surface area contributed by atoms with Crippen LogP contribution in [0.25, 0.3) is 0 Å². The van der Waals surface area contributed by atoms with Gasteiger partial charge in [-0.05, 0) is 48.0 Å². The molecule has 32 heavy (non-hydrogen) atoms. The second kappa shape index (κ2) is 10.1. The van der Waals surface area contributed by atoms with Gasteiger partial charge in [0, 0.05) is 30.4 Å². The predicted molar refractivity (Wildman–Crippen MR) is 122 cm³/mol. The molecule has 0 saturated carbocycles. The molecule has 0 saturated heterocycles. The third-order valence-electron chi connectivity index (χ3n) is 4.49. The quantitative estimate of drug-likeness (QED) is 0.484. The van der Waals surface area contributed by atoms with Gasteiger partial charge >= 0.3 is 0 Å². The Labute approximate surface area is 186 Å². The van der Waals surface area contributed by atoms with Crippen LogP contribution in [0.15, 0.2) is 77.7 Å². The van der Waals surface area contributed by atoms with E-state index in [9.17, 15) is 18.0 Å². The Kier molecular flexibility index (Phi) is 7.24. The average molecular weight is 454 g/mol. The van der Waals surface area contributed by atoms with Crippen molar-refractivity contribution in [3.63, 3.8) is 0 Å². The number of nitrogens with one attached hydrogen (secondary N) is 3. The van der Waals surface area contributed by atoms with Crippen molar-refractivity contribution >= 4 is 33.2 Å². The summed E-state index contributed by atoms with van der Waals surface area (Å²) in [6.45, 7) is 1.50. The van der Waals surface area contributed by atoms with Gasteiger partial charge in [0.25, 0.3) is 5.91 Å². The summed E-state index contributed by atoms with van der Waals surface area (Å²) in [6, 6.07) is 19.8. The van der Waals surface area contributed by atoms with Crippen molar-refractivity contribution < 1.29 is 22.7 Å². The number of rotatable bonds is 8. The first-order valence-electron chi connectivity index (χ1n) is 9.69. The number of carbonyl (C=O) groups excluding carboxylic acids is 2. The van der Waals surface area contributed by atoms with E-state index < -0.39 is 15.9 Å². The van der Waals surface area contributed by atoms with Crippen molar-refractivity contribution in [2.75, 3.05) is 17.7 Å². The molecule has 3 aromatic rings. The van der Waals surface area contributed by atoms with Crippen LogP contribution in [-0.2, 0) is 21.4 Å². The van der Waals surface area contributed by atoms with E-state index in [-0.39, 0.29) is 28.7 Å². The van der Waals surface area contributed by atoms with Crippen molar-refractivity contribution in [3.05, 3.63) is 83.9 Å². The second-order valence-electron chi connectivity index (χ2n) is 6.89. The highest BCUT2D eigenvalue weighted by Gasteiger charge is 2.21.